The van der Waals surface area contributed by atoms with Gasteiger partial charge in [0.05, 0.1) is 43.6 Å². The normalized spacial score (nSPS) is 41.0. The Morgan fingerprint density at radius 3 is 2.49 bits per heavy atom. The van der Waals surface area contributed by atoms with Gasteiger partial charge in [0.2, 0.25) is 6.29 Å². The second-order valence-corrected chi connectivity index (χ2v) is 11.0. The molecule has 12 atom stereocenters. The molecule has 2 aliphatic heterocycles. The Balaban J connectivity index is 1.68. The van der Waals surface area contributed by atoms with E-state index in [4.69, 9.17) is 41.3 Å². The number of ether oxygens (including phenoxy) is 4. The van der Waals surface area contributed by atoms with Gasteiger partial charge in [-0.3, -0.25) is 0 Å². The highest BCUT2D eigenvalue weighted by Crippen LogP contribution is 2.31. The van der Waals surface area contributed by atoms with Crippen molar-refractivity contribution in [1.29, 1.82) is 0 Å². The minimum atomic E-state index is -1.30. The van der Waals surface area contributed by atoms with Crippen LogP contribution >= 0.6 is 0 Å². The number of rotatable bonds is 13. The van der Waals surface area contributed by atoms with Gasteiger partial charge in [-0.25, -0.2) is 0 Å². The van der Waals surface area contributed by atoms with Crippen LogP contribution in [0.1, 0.15) is 26.2 Å². The molecule has 0 spiro atoms. The van der Waals surface area contributed by atoms with Crippen LogP contribution in [0, 0.1) is 0 Å². The van der Waals surface area contributed by atoms with Crippen molar-refractivity contribution in [1.82, 2.24) is 10.6 Å². The highest BCUT2D eigenvalue weighted by Gasteiger charge is 2.49. The van der Waals surface area contributed by atoms with Crippen molar-refractivity contribution in [2.24, 2.45) is 17.2 Å². The Kier molecular flexibility index (Phi) is 12.3. The molecule has 1 saturated carbocycles. The van der Waals surface area contributed by atoms with Gasteiger partial charge in [0.1, 0.15) is 30.2 Å². The maximum atomic E-state index is 11.4. The molecule has 0 bridgehead atoms. The second kappa shape index (κ2) is 14.7. The second-order valence-electron chi connectivity index (χ2n) is 11.0. The van der Waals surface area contributed by atoms with Crippen molar-refractivity contribution in [3.63, 3.8) is 0 Å². The first kappa shape index (κ1) is 32.5. The summed E-state index contributed by atoms with van der Waals surface area (Å²) in [7, 11) is 0. The Bertz CT molecular complexity index is 780. The third-order valence-corrected chi connectivity index (χ3v) is 7.13. The molecule has 15 nitrogen and oxygen atoms in total. The zero-order valence-corrected chi connectivity index (χ0v) is 22.3. The van der Waals surface area contributed by atoms with Gasteiger partial charge < -0.3 is 77.4 Å². The molecular weight excluding hydrogens is 518 g/mol. The lowest BCUT2D eigenvalue weighted by Gasteiger charge is -2.47. The van der Waals surface area contributed by atoms with Crippen molar-refractivity contribution >= 4 is 0 Å². The van der Waals surface area contributed by atoms with Crippen LogP contribution in [-0.4, -0.2) is 143 Å². The molecule has 0 radical (unpaired) electrons. The van der Waals surface area contributed by atoms with Gasteiger partial charge in [0.15, 0.2) is 6.29 Å². The first-order valence-corrected chi connectivity index (χ1v) is 13.4. The highest BCUT2D eigenvalue weighted by atomic mass is 16.7. The molecule has 3 unspecified atom stereocenters. The average Bonchev–Trinajstić information content (AvgIpc) is 2.89. The van der Waals surface area contributed by atoms with Crippen molar-refractivity contribution in [3.05, 3.63) is 11.8 Å². The summed E-state index contributed by atoms with van der Waals surface area (Å²) >= 11 is 0. The van der Waals surface area contributed by atoms with Gasteiger partial charge in [-0.1, -0.05) is 0 Å². The van der Waals surface area contributed by atoms with Crippen LogP contribution in [0.3, 0.4) is 0 Å². The monoisotopic (exact) mass is 565 g/mol. The lowest BCUT2D eigenvalue weighted by atomic mass is 9.83. The third kappa shape index (κ3) is 9.24. The van der Waals surface area contributed by atoms with Crippen LogP contribution in [0.4, 0.5) is 0 Å². The van der Waals surface area contributed by atoms with E-state index in [1.54, 1.807) is 13.0 Å². The molecule has 1 aliphatic carbocycles. The van der Waals surface area contributed by atoms with Crippen LogP contribution in [0.5, 0.6) is 0 Å². The van der Waals surface area contributed by atoms with Crippen LogP contribution in [0.2, 0.25) is 0 Å². The zero-order valence-electron chi connectivity index (χ0n) is 22.3. The summed E-state index contributed by atoms with van der Waals surface area (Å²) in [5.41, 5.74) is 17.0. The van der Waals surface area contributed by atoms with E-state index in [1.807, 2.05) is 0 Å². The van der Waals surface area contributed by atoms with Crippen molar-refractivity contribution in [3.8, 4) is 0 Å². The predicted octanol–water partition coefficient (Wildman–Crippen LogP) is -5.11. The van der Waals surface area contributed by atoms with E-state index in [0.717, 1.165) is 0 Å². The van der Waals surface area contributed by atoms with E-state index in [0.29, 0.717) is 12.2 Å². The summed E-state index contributed by atoms with van der Waals surface area (Å²) in [6.07, 6.45) is -5.64. The Labute approximate surface area is 228 Å². The molecule has 0 amide bonds. The first-order chi connectivity index (χ1) is 18.4. The van der Waals surface area contributed by atoms with E-state index < -0.39 is 72.9 Å². The summed E-state index contributed by atoms with van der Waals surface area (Å²) in [5.74, 6) is 0.527. The summed E-state index contributed by atoms with van der Waals surface area (Å²) in [6, 6.07) is -1.77. The molecule has 2 heterocycles. The number of nitrogens with one attached hydrogen (secondary N) is 2. The molecular formula is C24H47N5O10. The standard InChI is InChI=1S/C24H47N5O10/c1-24(35)5-18(33)23(36-11-24)39-21-17(29-8-12(31)6-25)4-16(27)20(19(21)34)38-22-15(26)3-2-14(37-22)9-28-7-13(32)10-30/h2,12-13,15-23,28-35H,3-11,25-27H2,1H3/t12?,13?,15-,16+,17-,18-,19+,20?,21+,22-,23-,24-/m1/s1. The smallest absolute Gasteiger partial charge is 0.215 e. The van der Waals surface area contributed by atoms with Crippen molar-refractivity contribution in [2.45, 2.75) is 99.1 Å². The number of hydrogen-bond donors (Lipinski definition) is 11. The molecule has 15 heteroatoms. The lowest BCUT2D eigenvalue weighted by molar-refractivity contribution is -0.297. The van der Waals surface area contributed by atoms with E-state index in [1.165, 1.54) is 0 Å². The maximum absolute atomic E-state index is 11.4. The summed E-state index contributed by atoms with van der Waals surface area (Å²) < 4.78 is 23.6. The fourth-order valence-electron chi connectivity index (χ4n) is 4.92. The minimum absolute atomic E-state index is 0.0210. The van der Waals surface area contributed by atoms with Gasteiger partial charge in [0, 0.05) is 38.1 Å². The van der Waals surface area contributed by atoms with E-state index in [9.17, 15) is 25.5 Å². The van der Waals surface area contributed by atoms with Gasteiger partial charge in [-0.05, 0) is 25.8 Å². The van der Waals surface area contributed by atoms with Gasteiger partial charge in [-0.15, -0.1) is 0 Å². The van der Waals surface area contributed by atoms with Crippen molar-refractivity contribution in [2.75, 3.05) is 39.4 Å². The van der Waals surface area contributed by atoms with Gasteiger partial charge >= 0.3 is 0 Å². The summed E-state index contributed by atoms with van der Waals surface area (Å²) in [4.78, 5) is 0. The van der Waals surface area contributed by atoms with E-state index in [-0.39, 0.29) is 52.2 Å². The number of aliphatic hydroxyl groups excluding tert-OH is 5. The van der Waals surface area contributed by atoms with Crippen molar-refractivity contribution < 1.29 is 49.6 Å². The van der Waals surface area contributed by atoms with E-state index >= 15 is 0 Å². The Morgan fingerprint density at radius 2 is 1.82 bits per heavy atom. The molecule has 0 aromatic carbocycles. The average molecular weight is 566 g/mol. The summed E-state index contributed by atoms with van der Waals surface area (Å²) in [5, 5.41) is 66.7. The molecule has 3 aliphatic rings. The van der Waals surface area contributed by atoms with Crippen LogP contribution in [0.25, 0.3) is 0 Å². The van der Waals surface area contributed by atoms with Gasteiger partial charge in [-0.2, -0.15) is 0 Å². The number of nitrogens with two attached hydrogens (primary N) is 3. The molecule has 0 aromatic heterocycles. The maximum Gasteiger partial charge on any atom is 0.215 e. The predicted molar refractivity (Wildman–Crippen MR) is 138 cm³/mol. The number of aliphatic hydroxyl groups is 6. The quantitative estimate of drug-likeness (QED) is 0.0997. The minimum Gasteiger partial charge on any atom is -0.467 e. The molecule has 228 valence electrons. The molecule has 14 N–H and O–H groups in total. The van der Waals surface area contributed by atoms with E-state index in [2.05, 4.69) is 10.6 Å². The Hall–Kier alpha value is -1.02. The molecule has 0 aromatic rings. The van der Waals surface area contributed by atoms with Crippen LogP contribution in [-0.2, 0) is 18.9 Å². The fourth-order valence-corrected chi connectivity index (χ4v) is 4.92. The Morgan fingerprint density at radius 1 is 1.10 bits per heavy atom. The molecule has 2 fully saturated rings. The molecule has 1 saturated heterocycles. The number of hydrogen-bond acceptors (Lipinski definition) is 15. The van der Waals surface area contributed by atoms with Gasteiger partial charge in [0.25, 0.3) is 0 Å². The SMILES string of the molecule is C[C@]1(O)CO[C@H](O[C@H]2[C@H](NCC(O)CN)C[C@H](N)C(O[C@H]3OC(CNCC(O)CO)=CC[C@H]3N)[C@@H]2O)[C@H](O)C1. The third-order valence-electron chi connectivity index (χ3n) is 7.13. The zero-order chi connectivity index (χ0) is 28.7. The topological polar surface area (TPSA) is 260 Å². The highest BCUT2D eigenvalue weighted by molar-refractivity contribution is 5.05. The van der Waals surface area contributed by atoms with Crippen LogP contribution < -0.4 is 27.8 Å². The fraction of sp³-hybridized carbons (Fsp3) is 0.917. The molecule has 39 heavy (non-hydrogen) atoms. The molecule has 3 rings (SSSR count). The summed E-state index contributed by atoms with van der Waals surface area (Å²) in [6.45, 7) is 1.70. The van der Waals surface area contributed by atoms with Crippen LogP contribution in [0.15, 0.2) is 11.8 Å². The largest absolute Gasteiger partial charge is 0.467 e. The first-order valence-electron chi connectivity index (χ1n) is 13.4. The lowest BCUT2D eigenvalue weighted by Crippen LogP contribution is -2.66.